The molecule has 0 spiro atoms. The van der Waals surface area contributed by atoms with Crippen LogP contribution in [-0.4, -0.2) is 28.6 Å². The topological polar surface area (TPSA) is 56.2 Å². The van der Waals surface area contributed by atoms with Crippen molar-refractivity contribution in [2.75, 3.05) is 13.2 Å². The number of amides is 1. The van der Waals surface area contributed by atoms with Gasteiger partial charge in [-0.05, 0) is 50.6 Å². The number of carbonyl (C=O) groups is 1. The van der Waals surface area contributed by atoms with Gasteiger partial charge in [0.1, 0.15) is 18.2 Å². The molecular formula is C23H27N3O2. The Kier molecular flexibility index (Phi) is 6.48. The third kappa shape index (κ3) is 4.80. The van der Waals surface area contributed by atoms with E-state index in [1.807, 2.05) is 31.2 Å². The second-order valence-electron chi connectivity index (χ2n) is 6.83. The van der Waals surface area contributed by atoms with Gasteiger partial charge in [-0.1, -0.05) is 35.9 Å². The SMILES string of the molecule is C/C=C/C(=O)NCCc1nc2ccccc2n1CCOc1ccc(C)cc1C. The molecule has 0 unspecified atom stereocenters. The van der Waals surface area contributed by atoms with Crippen LogP contribution in [0.1, 0.15) is 23.9 Å². The highest BCUT2D eigenvalue weighted by Crippen LogP contribution is 2.20. The molecule has 1 amide bonds. The van der Waals surface area contributed by atoms with Gasteiger partial charge in [0.15, 0.2) is 0 Å². The van der Waals surface area contributed by atoms with Crippen molar-refractivity contribution in [3.8, 4) is 5.75 Å². The number of nitrogens with zero attached hydrogens (tertiary/aromatic N) is 2. The molecule has 2 aromatic carbocycles. The van der Waals surface area contributed by atoms with Crippen LogP contribution in [0.2, 0.25) is 0 Å². The van der Waals surface area contributed by atoms with Crippen LogP contribution in [0.3, 0.4) is 0 Å². The van der Waals surface area contributed by atoms with E-state index >= 15 is 0 Å². The highest BCUT2D eigenvalue weighted by atomic mass is 16.5. The Morgan fingerprint density at radius 1 is 1.21 bits per heavy atom. The molecule has 1 N–H and O–H groups in total. The molecule has 3 aromatic rings. The second-order valence-corrected chi connectivity index (χ2v) is 6.83. The number of para-hydroxylation sites is 2. The molecule has 0 atom stereocenters. The summed E-state index contributed by atoms with van der Waals surface area (Å²) in [6.45, 7) is 7.77. The molecule has 1 aromatic heterocycles. The van der Waals surface area contributed by atoms with Crippen molar-refractivity contribution in [1.29, 1.82) is 0 Å². The lowest BCUT2D eigenvalue weighted by molar-refractivity contribution is -0.116. The molecule has 0 fully saturated rings. The Balaban J connectivity index is 1.70. The zero-order valence-electron chi connectivity index (χ0n) is 16.7. The molecule has 3 rings (SSSR count). The van der Waals surface area contributed by atoms with Crippen LogP contribution in [0.5, 0.6) is 5.75 Å². The van der Waals surface area contributed by atoms with Crippen LogP contribution in [0.4, 0.5) is 0 Å². The summed E-state index contributed by atoms with van der Waals surface area (Å²) in [7, 11) is 0. The van der Waals surface area contributed by atoms with E-state index in [0.717, 1.165) is 28.2 Å². The molecule has 146 valence electrons. The third-order valence-corrected chi connectivity index (χ3v) is 4.60. The van der Waals surface area contributed by atoms with Crippen molar-refractivity contribution < 1.29 is 9.53 Å². The summed E-state index contributed by atoms with van der Waals surface area (Å²) in [5.74, 6) is 1.78. The number of nitrogens with one attached hydrogen (secondary N) is 1. The van der Waals surface area contributed by atoms with Crippen LogP contribution in [0.25, 0.3) is 11.0 Å². The fraction of sp³-hybridized carbons (Fsp3) is 0.304. The highest BCUT2D eigenvalue weighted by molar-refractivity contribution is 5.87. The highest BCUT2D eigenvalue weighted by Gasteiger charge is 2.11. The summed E-state index contributed by atoms with van der Waals surface area (Å²) in [5.41, 5.74) is 4.42. The van der Waals surface area contributed by atoms with Gasteiger partial charge in [-0.2, -0.15) is 0 Å². The second kappa shape index (κ2) is 9.22. The maximum atomic E-state index is 11.6. The van der Waals surface area contributed by atoms with Gasteiger partial charge in [0.05, 0.1) is 17.6 Å². The molecule has 0 radical (unpaired) electrons. The molecular weight excluding hydrogens is 350 g/mol. The van der Waals surface area contributed by atoms with E-state index in [1.54, 1.807) is 6.08 Å². The van der Waals surface area contributed by atoms with Gasteiger partial charge in [0.25, 0.3) is 0 Å². The average molecular weight is 377 g/mol. The van der Waals surface area contributed by atoms with Crippen molar-refractivity contribution in [2.24, 2.45) is 0 Å². The first-order chi connectivity index (χ1) is 13.6. The maximum absolute atomic E-state index is 11.6. The first-order valence-electron chi connectivity index (χ1n) is 9.63. The van der Waals surface area contributed by atoms with Gasteiger partial charge < -0.3 is 14.6 Å². The van der Waals surface area contributed by atoms with E-state index in [0.29, 0.717) is 26.1 Å². The molecule has 0 saturated heterocycles. The first-order valence-corrected chi connectivity index (χ1v) is 9.63. The molecule has 28 heavy (non-hydrogen) atoms. The van der Waals surface area contributed by atoms with Crippen LogP contribution in [0.15, 0.2) is 54.6 Å². The largest absolute Gasteiger partial charge is 0.491 e. The van der Waals surface area contributed by atoms with Gasteiger partial charge in [-0.15, -0.1) is 0 Å². The van der Waals surface area contributed by atoms with Gasteiger partial charge >= 0.3 is 0 Å². The monoisotopic (exact) mass is 377 g/mol. The Bertz CT molecular complexity index is 989. The molecule has 0 aliphatic heterocycles. The van der Waals surface area contributed by atoms with Crippen LogP contribution in [-0.2, 0) is 17.8 Å². The number of allylic oxidation sites excluding steroid dienone is 1. The zero-order chi connectivity index (χ0) is 19.9. The lowest BCUT2D eigenvalue weighted by Crippen LogP contribution is -2.24. The van der Waals surface area contributed by atoms with Crippen LogP contribution in [0, 0.1) is 13.8 Å². The fourth-order valence-corrected chi connectivity index (χ4v) is 3.28. The minimum atomic E-state index is -0.0802. The van der Waals surface area contributed by atoms with Gasteiger partial charge in [-0.3, -0.25) is 4.79 Å². The number of hydrogen-bond acceptors (Lipinski definition) is 3. The van der Waals surface area contributed by atoms with Crippen molar-refractivity contribution in [2.45, 2.75) is 33.7 Å². The predicted octanol–water partition coefficient (Wildman–Crippen LogP) is 3.97. The number of hydrogen-bond donors (Lipinski definition) is 1. The first kappa shape index (κ1) is 19.7. The Hall–Kier alpha value is -3.08. The number of aromatic nitrogens is 2. The molecule has 0 aliphatic carbocycles. The quantitative estimate of drug-likeness (QED) is 0.605. The van der Waals surface area contributed by atoms with Gasteiger partial charge in [0, 0.05) is 13.0 Å². The summed E-state index contributed by atoms with van der Waals surface area (Å²) in [4.78, 5) is 16.4. The maximum Gasteiger partial charge on any atom is 0.243 e. The van der Waals surface area contributed by atoms with Crippen molar-refractivity contribution in [1.82, 2.24) is 14.9 Å². The predicted molar refractivity (Wildman–Crippen MR) is 113 cm³/mol. The summed E-state index contributed by atoms with van der Waals surface area (Å²) < 4.78 is 8.20. The number of imidazole rings is 1. The number of ether oxygens (including phenoxy) is 1. The number of rotatable bonds is 8. The molecule has 0 saturated carbocycles. The minimum Gasteiger partial charge on any atom is -0.491 e. The van der Waals surface area contributed by atoms with Gasteiger partial charge in [-0.25, -0.2) is 4.98 Å². The smallest absolute Gasteiger partial charge is 0.243 e. The fourth-order valence-electron chi connectivity index (χ4n) is 3.28. The van der Waals surface area contributed by atoms with Gasteiger partial charge in [0.2, 0.25) is 5.91 Å². The summed E-state index contributed by atoms with van der Waals surface area (Å²) in [5, 5.41) is 2.89. The van der Waals surface area contributed by atoms with Crippen LogP contribution < -0.4 is 10.1 Å². The van der Waals surface area contributed by atoms with E-state index in [9.17, 15) is 4.79 Å². The average Bonchev–Trinajstić information content (AvgIpc) is 3.01. The van der Waals surface area contributed by atoms with Crippen molar-refractivity contribution >= 4 is 16.9 Å². The van der Waals surface area contributed by atoms with E-state index in [2.05, 4.69) is 41.9 Å². The Morgan fingerprint density at radius 3 is 2.82 bits per heavy atom. The van der Waals surface area contributed by atoms with Crippen molar-refractivity contribution in [3.05, 3.63) is 71.6 Å². The number of aryl methyl sites for hydroxylation is 2. The summed E-state index contributed by atoms with van der Waals surface area (Å²) in [6, 6.07) is 14.3. The molecule has 0 aliphatic rings. The molecule has 0 bridgehead atoms. The van der Waals surface area contributed by atoms with E-state index < -0.39 is 0 Å². The Labute approximate surface area is 166 Å². The molecule has 5 nitrogen and oxygen atoms in total. The standard InChI is InChI=1S/C23H27N3O2/c1-4-7-23(27)24-13-12-22-25-19-8-5-6-9-20(19)26(22)14-15-28-21-11-10-17(2)16-18(21)3/h4-11,16H,12-15H2,1-3H3,(H,24,27)/b7-4+. The van der Waals surface area contributed by atoms with Crippen LogP contribution >= 0.6 is 0 Å². The zero-order valence-corrected chi connectivity index (χ0v) is 16.7. The van der Waals surface area contributed by atoms with E-state index in [-0.39, 0.29) is 5.91 Å². The summed E-state index contributed by atoms with van der Waals surface area (Å²) in [6.07, 6.45) is 3.93. The molecule has 5 heteroatoms. The number of benzene rings is 2. The van der Waals surface area contributed by atoms with E-state index in [4.69, 9.17) is 9.72 Å². The minimum absolute atomic E-state index is 0.0802. The van der Waals surface area contributed by atoms with Crippen molar-refractivity contribution in [3.63, 3.8) is 0 Å². The van der Waals surface area contributed by atoms with E-state index in [1.165, 1.54) is 11.6 Å². The number of fused-ring (bicyclic) bond motifs is 1. The molecule has 1 heterocycles. The summed E-state index contributed by atoms with van der Waals surface area (Å²) >= 11 is 0. The third-order valence-electron chi connectivity index (χ3n) is 4.60. The lowest BCUT2D eigenvalue weighted by atomic mass is 10.1. The Morgan fingerprint density at radius 2 is 2.04 bits per heavy atom. The number of carbonyl (C=O) groups excluding carboxylic acids is 1. The normalized spacial score (nSPS) is 11.2. The lowest BCUT2D eigenvalue weighted by Gasteiger charge is -2.13.